The lowest BCUT2D eigenvalue weighted by molar-refractivity contribution is 0.199. The van der Waals surface area contributed by atoms with Gasteiger partial charge in [-0.3, -0.25) is 4.90 Å². The molecule has 0 aliphatic rings. The summed E-state index contributed by atoms with van der Waals surface area (Å²) in [5.41, 5.74) is 0. The minimum absolute atomic E-state index is 0.656. The second kappa shape index (κ2) is 7.01. The molecule has 0 rings (SSSR count). The number of alkyl halides is 1. The van der Waals surface area contributed by atoms with E-state index in [1.807, 2.05) is 0 Å². The molecule has 0 aromatic rings. The van der Waals surface area contributed by atoms with Gasteiger partial charge in [0.2, 0.25) is 0 Å². The molecule has 0 atom stereocenters. The van der Waals surface area contributed by atoms with E-state index in [9.17, 15) is 0 Å². The van der Waals surface area contributed by atoms with Gasteiger partial charge in [-0.05, 0) is 34.7 Å². The van der Waals surface area contributed by atoms with Crippen LogP contribution in [0.15, 0.2) is 0 Å². The number of rotatable bonds is 6. The SMILES string of the molecule is CC(C)N(C)CCN(CI)C(C)C. The maximum atomic E-state index is 2.49. The van der Waals surface area contributed by atoms with Crippen molar-refractivity contribution in [1.29, 1.82) is 0 Å². The standard InChI is InChI=1S/C10H23IN2/c1-9(2)12(5)6-7-13(8-11)10(3)4/h9-10H,6-8H2,1-5H3. The first-order valence-electron chi connectivity index (χ1n) is 4.99. The summed E-state index contributed by atoms with van der Waals surface area (Å²) in [5, 5.41) is 0. The fourth-order valence-corrected chi connectivity index (χ4v) is 2.13. The van der Waals surface area contributed by atoms with Crippen molar-refractivity contribution in [2.45, 2.75) is 39.8 Å². The zero-order valence-corrected chi connectivity index (χ0v) is 11.7. The van der Waals surface area contributed by atoms with E-state index < -0.39 is 0 Å². The molecule has 0 aromatic carbocycles. The summed E-state index contributed by atoms with van der Waals surface area (Å²) in [5.74, 6) is 0. The largest absolute Gasteiger partial charge is 0.303 e. The molecule has 0 bridgehead atoms. The van der Waals surface area contributed by atoms with E-state index in [2.05, 4.69) is 67.1 Å². The van der Waals surface area contributed by atoms with Gasteiger partial charge in [-0.1, -0.05) is 22.6 Å². The number of hydrogen-bond donors (Lipinski definition) is 0. The van der Waals surface area contributed by atoms with E-state index >= 15 is 0 Å². The molecular weight excluding hydrogens is 275 g/mol. The van der Waals surface area contributed by atoms with E-state index in [0.717, 1.165) is 4.55 Å². The van der Waals surface area contributed by atoms with Gasteiger partial charge in [0.15, 0.2) is 0 Å². The van der Waals surface area contributed by atoms with Gasteiger partial charge >= 0.3 is 0 Å². The molecule has 0 spiro atoms. The molecule has 0 unspecified atom stereocenters. The van der Waals surface area contributed by atoms with Gasteiger partial charge in [-0.15, -0.1) is 0 Å². The molecule has 13 heavy (non-hydrogen) atoms. The Labute approximate surface area is 96.8 Å². The van der Waals surface area contributed by atoms with Crippen molar-refractivity contribution in [3.05, 3.63) is 0 Å². The van der Waals surface area contributed by atoms with Crippen LogP contribution in [0.5, 0.6) is 0 Å². The molecule has 0 saturated heterocycles. The lowest BCUT2D eigenvalue weighted by atomic mass is 10.3. The molecule has 0 aliphatic carbocycles. The van der Waals surface area contributed by atoms with E-state index in [1.165, 1.54) is 13.1 Å². The quantitative estimate of drug-likeness (QED) is 0.422. The summed E-state index contributed by atoms with van der Waals surface area (Å²) in [6.45, 7) is 11.3. The molecule has 0 amide bonds. The van der Waals surface area contributed by atoms with Gasteiger partial charge in [-0.25, -0.2) is 0 Å². The summed E-state index contributed by atoms with van der Waals surface area (Å²) >= 11 is 2.44. The van der Waals surface area contributed by atoms with Crippen LogP contribution in [0.3, 0.4) is 0 Å². The van der Waals surface area contributed by atoms with Crippen molar-refractivity contribution in [3.8, 4) is 0 Å². The van der Waals surface area contributed by atoms with Gasteiger partial charge in [0.25, 0.3) is 0 Å². The zero-order chi connectivity index (χ0) is 10.4. The minimum Gasteiger partial charge on any atom is -0.303 e. The van der Waals surface area contributed by atoms with Crippen molar-refractivity contribution in [2.24, 2.45) is 0 Å². The number of hydrogen-bond acceptors (Lipinski definition) is 2. The summed E-state index contributed by atoms with van der Waals surface area (Å²) in [7, 11) is 2.19. The smallest absolute Gasteiger partial charge is 0.0508 e. The van der Waals surface area contributed by atoms with Gasteiger partial charge in [0, 0.05) is 25.2 Å². The average molecular weight is 298 g/mol. The van der Waals surface area contributed by atoms with Crippen LogP contribution >= 0.6 is 22.6 Å². The summed E-state index contributed by atoms with van der Waals surface area (Å²) in [6.07, 6.45) is 0. The molecule has 0 radical (unpaired) electrons. The Balaban J connectivity index is 3.72. The van der Waals surface area contributed by atoms with E-state index in [0.29, 0.717) is 12.1 Å². The van der Waals surface area contributed by atoms with Crippen molar-refractivity contribution in [1.82, 2.24) is 9.80 Å². The van der Waals surface area contributed by atoms with Crippen molar-refractivity contribution in [2.75, 3.05) is 24.7 Å². The average Bonchev–Trinajstić information content (AvgIpc) is 2.04. The van der Waals surface area contributed by atoms with Crippen molar-refractivity contribution in [3.63, 3.8) is 0 Å². The van der Waals surface area contributed by atoms with Crippen molar-refractivity contribution < 1.29 is 0 Å². The maximum Gasteiger partial charge on any atom is 0.0508 e. The van der Waals surface area contributed by atoms with Crippen LogP contribution in [-0.2, 0) is 0 Å². The molecule has 0 heterocycles. The monoisotopic (exact) mass is 298 g/mol. The van der Waals surface area contributed by atoms with Crippen LogP contribution in [0, 0.1) is 0 Å². The Morgan fingerprint density at radius 2 is 1.54 bits per heavy atom. The highest BCUT2D eigenvalue weighted by molar-refractivity contribution is 14.1. The van der Waals surface area contributed by atoms with Crippen LogP contribution in [0.25, 0.3) is 0 Å². The van der Waals surface area contributed by atoms with E-state index in [-0.39, 0.29) is 0 Å². The number of likely N-dealkylation sites (N-methyl/N-ethyl adjacent to an activating group) is 1. The Hall–Kier alpha value is 0.650. The number of nitrogens with zero attached hydrogens (tertiary/aromatic N) is 2. The maximum absolute atomic E-state index is 2.49. The van der Waals surface area contributed by atoms with Crippen molar-refractivity contribution >= 4 is 22.6 Å². The summed E-state index contributed by atoms with van der Waals surface area (Å²) in [6, 6.07) is 1.32. The van der Waals surface area contributed by atoms with E-state index in [4.69, 9.17) is 0 Å². The molecule has 0 aliphatic heterocycles. The topological polar surface area (TPSA) is 6.48 Å². The second-order valence-corrected chi connectivity index (χ2v) is 4.78. The first-order valence-corrected chi connectivity index (χ1v) is 6.51. The first kappa shape index (κ1) is 13.7. The molecule has 80 valence electrons. The van der Waals surface area contributed by atoms with Gasteiger partial charge in [0.05, 0.1) is 4.55 Å². The number of halogens is 1. The predicted octanol–water partition coefficient (Wildman–Crippen LogP) is 2.43. The zero-order valence-electron chi connectivity index (χ0n) is 9.55. The molecule has 0 N–H and O–H groups in total. The van der Waals surface area contributed by atoms with Gasteiger partial charge in [-0.2, -0.15) is 0 Å². The minimum atomic E-state index is 0.656. The van der Waals surface area contributed by atoms with Crippen LogP contribution in [-0.4, -0.2) is 46.6 Å². The van der Waals surface area contributed by atoms with Crippen LogP contribution in [0.4, 0.5) is 0 Å². The summed E-state index contributed by atoms with van der Waals surface area (Å²) < 4.78 is 1.13. The Kier molecular flexibility index (Phi) is 7.36. The van der Waals surface area contributed by atoms with Gasteiger partial charge < -0.3 is 4.90 Å². The Bertz CT molecular complexity index is 126. The summed E-state index contributed by atoms with van der Waals surface area (Å²) in [4.78, 5) is 4.88. The fourth-order valence-electron chi connectivity index (χ4n) is 1.00. The van der Waals surface area contributed by atoms with E-state index in [1.54, 1.807) is 0 Å². The normalized spacial score (nSPS) is 12.5. The van der Waals surface area contributed by atoms with Crippen LogP contribution in [0.2, 0.25) is 0 Å². The lowest BCUT2D eigenvalue weighted by Gasteiger charge is -2.28. The van der Waals surface area contributed by atoms with Crippen LogP contribution < -0.4 is 0 Å². The Morgan fingerprint density at radius 1 is 1.00 bits per heavy atom. The third kappa shape index (κ3) is 5.86. The molecule has 0 aromatic heterocycles. The fraction of sp³-hybridized carbons (Fsp3) is 1.00. The van der Waals surface area contributed by atoms with Gasteiger partial charge in [0.1, 0.15) is 0 Å². The third-order valence-electron chi connectivity index (χ3n) is 2.51. The van der Waals surface area contributed by atoms with Crippen LogP contribution in [0.1, 0.15) is 27.7 Å². The molecule has 2 nitrogen and oxygen atoms in total. The third-order valence-corrected chi connectivity index (χ3v) is 3.38. The Morgan fingerprint density at radius 3 is 1.85 bits per heavy atom. The lowest BCUT2D eigenvalue weighted by Crippen LogP contribution is -2.38. The molecule has 0 fully saturated rings. The first-order chi connectivity index (χ1) is 5.99. The molecule has 3 heteroatoms. The highest BCUT2D eigenvalue weighted by atomic mass is 127. The predicted molar refractivity (Wildman–Crippen MR) is 68.5 cm³/mol. The molecule has 0 saturated carbocycles. The second-order valence-electron chi connectivity index (χ2n) is 4.10. The highest BCUT2D eigenvalue weighted by Gasteiger charge is 2.09. The highest BCUT2D eigenvalue weighted by Crippen LogP contribution is 2.02. The molecular formula is C10H23IN2.